The highest BCUT2D eigenvalue weighted by Crippen LogP contribution is 2.42. The van der Waals surface area contributed by atoms with Crippen LogP contribution in [0.2, 0.25) is 0 Å². The number of aromatic nitrogens is 1. The highest BCUT2D eigenvalue weighted by atomic mass is 16.5. The van der Waals surface area contributed by atoms with Crippen molar-refractivity contribution in [3.05, 3.63) is 65.4 Å². The average Bonchev–Trinajstić information content (AvgIpc) is 3.14. The van der Waals surface area contributed by atoms with E-state index in [-0.39, 0.29) is 24.4 Å². The van der Waals surface area contributed by atoms with Gasteiger partial charge in [0.1, 0.15) is 11.8 Å². The third-order valence-corrected chi connectivity index (χ3v) is 6.27. The van der Waals surface area contributed by atoms with E-state index in [1.807, 2.05) is 49.4 Å². The van der Waals surface area contributed by atoms with Gasteiger partial charge in [-0.05, 0) is 35.7 Å². The van der Waals surface area contributed by atoms with Crippen molar-refractivity contribution in [2.24, 2.45) is 0 Å². The lowest BCUT2D eigenvalue weighted by molar-refractivity contribution is -0.158. The molecule has 0 radical (unpaired) electrons. The number of hydrogen-bond acceptors (Lipinski definition) is 3. The number of ether oxygens (including phenoxy) is 1. The van der Waals surface area contributed by atoms with Gasteiger partial charge in [0.15, 0.2) is 0 Å². The van der Waals surface area contributed by atoms with Gasteiger partial charge in [-0.3, -0.25) is 9.59 Å². The zero-order valence-corrected chi connectivity index (χ0v) is 17.2. The number of aromatic amines is 1. The Morgan fingerprint density at radius 2 is 1.87 bits per heavy atom. The minimum atomic E-state index is -0.475. The van der Waals surface area contributed by atoms with Crippen LogP contribution in [0.4, 0.5) is 0 Å². The number of piperazine rings is 1. The van der Waals surface area contributed by atoms with Crippen LogP contribution in [-0.4, -0.2) is 52.8 Å². The van der Waals surface area contributed by atoms with Gasteiger partial charge in [-0.2, -0.15) is 0 Å². The molecule has 1 N–H and O–H groups in total. The van der Waals surface area contributed by atoms with Gasteiger partial charge < -0.3 is 19.5 Å². The van der Waals surface area contributed by atoms with Crippen molar-refractivity contribution in [2.45, 2.75) is 31.8 Å². The molecule has 2 aliphatic rings. The highest BCUT2D eigenvalue weighted by molar-refractivity contribution is 5.97. The minimum absolute atomic E-state index is 0.00169. The van der Waals surface area contributed by atoms with E-state index < -0.39 is 6.04 Å². The van der Waals surface area contributed by atoms with E-state index >= 15 is 0 Å². The predicted octanol–water partition coefficient (Wildman–Crippen LogP) is 3.27. The number of methoxy groups -OCH3 is 1. The second-order valence-electron chi connectivity index (χ2n) is 8.02. The number of carbonyl (C=O) groups excluding carboxylic acids is 2. The number of nitrogens with one attached hydrogen (secondary N) is 1. The molecule has 3 heterocycles. The number of benzene rings is 2. The summed E-state index contributed by atoms with van der Waals surface area (Å²) in [6, 6.07) is 15.1. The molecule has 3 aromatic rings. The Morgan fingerprint density at radius 1 is 1.10 bits per heavy atom. The molecule has 2 aliphatic heterocycles. The molecule has 2 atom stereocenters. The van der Waals surface area contributed by atoms with E-state index in [0.29, 0.717) is 13.0 Å². The van der Waals surface area contributed by atoms with Gasteiger partial charge in [0.25, 0.3) is 0 Å². The van der Waals surface area contributed by atoms with E-state index in [2.05, 4.69) is 11.1 Å². The highest BCUT2D eigenvalue weighted by Gasteiger charge is 2.47. The number of fused-ring (bicyclic) bond motifs is 4. The molecule has 1 fully saturated rings. The summed E-state index contributed by atoms with van der Waals surface area (Å²) < 4.78 is 5.31. The standard InChI is InChI=1S/C24H25N3O3/c1-3-12-26-14-21(28)27-20(24(26)29)13-18-17-6-4-5-7-19(17)25-22(18)23(27)15-8-10-16(30-2)11-9-15/h4-11,20,23,25H,3,12-14H2,1-2H3/t20-,23+/m0/s1. The van der Waals surface area contributed by atoms with Crippen molar-refractivity contribution < 1.29 is 14.3 Å². The van der Waals surface area contributed by atoms with Gasteiger partial charge in [-0.15, -0.1) is 0 Å². The summed E-state index contributed by atoms with van der Waals surface area (Å²) in [5.41, 5.74) is 4.14. The molecule has 30 heavy (non-hydrogen) atoms. The second kappa shape index (κ2) is 7.20. The molecule has 6 heteroatoms. The van der Waals surface area contributed by atoms with Crippen molar-refractivity contribution in [1.82, 2.24) is 14.8 Å². The Kier molecular flexibility index (Phi) is 4.50. The summed E-state index contributed by atoms with van der Waals surface area (Å²) in [4.78, 5) is 33.7. The average molecular weight is 403 g/mol. The quantitative estimate of drug-likeness (QED) is 0.727. The lowest BCUT2D eigenvalue weighted by Gasteiger charge is -2.47. The number of nitrogens with zero attached hydrogens (tertiary/aromatic N) is 2. The van der Waals surface area contributed by atoms with E-state index in [9.17, 15) is 9.59 Å². The molecule has 0 saturated carbocycles. The van der Waals surface area contributed by atoms with Gasteiger partial charge in [0.05, 0.1) is 19.7 Å². The van der Waals surface area contributed by atoms with Crippen molar-refractivity contribution >= 4 is 22.7 Å². The number of para-hydroxylation sites is 1. The van der Waals surface area contributed by atoms with E-state index in [1.54, 1.807) is 16.9 Å². The van der Waals surface area contributed by atoms with Crippen LogP contribution < -0.4 is 4.74 Å². The normalized spacial score (nSPS) is 21.0. The number of amides is 2. The Morgan fingerprint density at radius 3 is 2.60 bits per heavy atom. The maximum absolute atomic E-state index is 13.3. The zero-order valence-electron chi connectivity index (χ0n) is 17.2. The Labute approximate surface area is 175 Å². The zero-order chi connectivity index (χ0) is 20.8. The lowest BCUT2D eigenvalue weighted by Crippen LogP contribution is -2.63. The molecular formula is C24H25N3O3. The van der Waals surface area contributed by atoms with Crippen molar-refractivity contribution in [3.63, 3.8) is 0 Å². The van der Waals surface area contributed by atoms with Crippen LogP contribution in [0.3, 0.4) is 0 Å². The van der Waals surface area contributed by atoms with Crippen LogP contribution >= 0.6 is 0 Å². The second-order valence-corrected chi connectivity index (χ2v) is 8.02. The molecule has 1 aromatic heterocycles. The monoisotopic (exact) mass is 403 g/mol. The van der Waals surface area contributed by atoms with Gasteiger partial charge >= 0.3 is 0 Å². The van der Waals surface area contributed by atoms with Crippen LogP contribution in [0.5, 0.6) is 5.75 Å². The smallest absolute Gasteiger partial charge is 0.246 e. The molecule has 0 unspecified atom stereocenters. The first-order valence-corrected chi connectivity index (χ1v) is 10.5. The first-order chi connectivity index (χ1) is 14.6. The fourth-order valence-corrected chi connectivity index (χ4v) is 4.92. The van der Waals surface area contributed by atoms with Crippen LogP contribution in [0.15, 0.2) is 48.5 Å². The summed E-state index contributed by atoms with van der Waals surface area (Å²) in [5, 5.41) is 1.12. The van der Waals surface area contributed by atoms with Crippen molar-refractivity contribution in [1.29, 1.82) is 0 Å². The Hall–Kier alpha value is -3.28. The summed E-state index contributed by atoms with van der Waals surface area (Å²) in [6.07, 6.45) is 1.38. The summed E-state index contributed by atoms with van der Waals surface area (Å²) in [7, 11) is 1.64. The number of rotatable bonds is 4. The molecular weight excluding hydrogens is 378 g/mol. The molecule has 5 rings (SSSR count). The van der Waals surface area contributed by atoms with Gasteiger partial charge in [0, 0.05) is 29.6 Å². The number of carbonyl (C=O) groups is 2. The number of hydrogen-bond donors (Lipinski definition) is 1. The van der Waals surface area contributed by atoms with Crippen molar-refractivity contribution in [2.75, 3.05) is 20.2 Å². The summed E-state index contributed by atoms with van der Waals surface area (Å²) in [6.45, 7) is 2.79. The molecule has 1 saturated heterocycles. The van der Waals surface area contributed by atoms with Gasteiger partial charge in [-0.1, -0.05) is 37.3 Å². The fraction of sp³-hybridized carbons (Fsp3) is 0.333. The largest absolute Gasteiger partial charge is 0.497 e. The predicted molar refractivity (Wildman–Crippen MR) is 114 cm³/mol. The Bertz CT molecular complexity index is 1120. The molecule has 6 nitrogen and oxygen atoms in total. The Balaban J connectivity index is 1.68. The van der Waals surface area contributed by atoms with Gasteiger partial charge in [-0.25, -0.2) is 0 Å². The molecule has 2 aromatic carbocycles. The van der Waals surface area contributed by atoms with Crippen LogP contribution in [0.1, 0.15) is 36.2 Å². The third kappa shape index (κ3) is 2.78. The van der Waals surface area contributed by atoms with Gasteiger partial charge in [0.2, 0.25) is 11.8 Å². The maximum Gasteiger partial charge on any atom is 0.246 e. The molecule has 2 amide bonds. The van der Waals surface area contributed by atoms with E-state index in [0.717, 1.165) is 39.9 Å². The topological polar surface area (TPSA) is 65.6 Å². The molecule has 154 valence electrons. The minimum Gasteiger partial charge on any atom is -0.497 e. The first kappa shape index (κ1) is 18.7. The first-order valence-electron chi connectivity index (χ1n) is 10.5. The van der Waals surface area contributed by atoms with E-state index in [1.165, 1.54) is 0 Å². The third-order valence-electron chi connectivity index (χ3n) is 6.27. The lowest BCUT2D eigenvalue weighted by atomic mass is 9.86. The SMILES string of the molecule is CCCN1CC(=O)N2[C@H](c3ccc(OC)cc3)c3[nH]c4ccccc4c3C[C@H]2C1=O. The van der Waals surface area contributed by atoms with Crippen LogP contribution in [-0.2, 0) is 16.0 Å². The molecule has 0 bridgehead atoms. The summed E-state index contributed by atoms with van der Waals surface area (Å²) in [5.74, 6) is 0.808. The maximum atomic E-state index is 13.3. The van der Waals surface area contributed by atoms with E-state index in [4.69, 9.17) is 4.74 Å². The van der Waals surface area contributed by atoms with Crippen LogP contribution in [0, 0.1) is 0 Å². The van der Waals surface area contributed by atoms with Crippen LogP contribution in [0.25, 0.3) is 10.9 Å². The molecule has 0 spiro atoms. The fourth-order valence-electron chi connectivity index (χ4n) is 4.92. The van der Waals surface area contributed by atoms with Crippen molar-refractivity contribution in [3.8, 4) is 5.75 Å². The molecule has 0 aliphatic carbocycles. The number of H-pyrrole nitrogens is 1. The summed E-state index contributed by atoms with van der Waals surface area (Å²) >= 11 is 0.